The van der Waals surface area contributed by atoms with E-state index in [1.807, 2.05) is 13.8 Å². The van der Waals surface area contributed by atoms with Gasteiger partial charge >= 0.3 is 5.97 Å². The molecule has 1 saturated heterocycles. The fraction of sp³-hybridized carbons (Fsp3) is 0.526. The maximum atomic E-state index is 13.3. The minimum absolute atomic E-state index is 0.0374. The number of morpholine rings is 1. The van der Waals surface area contributed by atoms with Crippen LogP contribution >= 0.6 is 11.6 Å². The molecule has 1 fully saturated rings. The number of hydrogen-bond donors (Lipinski definition) is 0. The minimum Gasteiger partial charge on any atom is -0.468 e. The van der Waals surface area contributed by atoms with Crippen LogP contribution in [0.1, 0.15) is 30.0 Å². The highest BCUT2D eigenvalue weighted by atomic mass is 35.5. The predicted octanol–water partition coefficient (Wildman–Crippen LogP) is 1.84. The number of esters is 1. The molecule has 0 unspecified atom stereocenters. The first kappa shape index (κ1) is 20.6. The number of carbonyl (C=O) groups excluding carboxylic acids is 2. The van der Waals surface area contributed by atoms with Crippen molar-refractivity contribution < 1.29 is 19.1 Å². The smallest absolute Gasteiger partial charge is 0.319 e. The summed E-state index contributed by atoms with van der Waals surface area (Å²) in [6.07, 6.45) is 1.65. The highest BCUT2D eigenvalue weighted by molar-refractivity contribution is 6.30. The molecule has 28 heavy (non-hydrogen) atoms. The third-order valence-electron chi connectivity index (χ3n) is 4.64. The summed E-state index contributed by atoms with van der Waals surface area (Å²) in [5, 5.41) is 0.536. The maximum Gasteiger partial charge on any atom is 0.319 e. The number of methoxy groups -OCH3 is 1. The van der Waals surface area contributed by atoms with E-state index in [1.165, 1.54) is 7.11 Å². The zero-order chi connectivity index (χ0) is 20.4. The van der Waals surface area contributed by atoms with Gasteiger partial charge in [0.15, 0.2) is 5.69 Å². The highest BCUT2D eigenvalue weighted by Gasteiger charge is 2.30. The molecule has 0 spiro atoms. The lowest BCUT2D eigenvalue weighted by molar-refractivity contribution is -0.141. The molecule has 9 heteroatoms. The highest BCUT2D eigenvalue weighted by Crippen LogP contribution is 2.21. The molecule has 1 aliphatic rings. The monoisotopic (exact) mass is 408 g/mol. The van der Waals surface area contributed by atoms with E-state index in [2.05, 4.69) is 4.98 Å². The van der Waals surface area contributed by atoms with Gasteiger partial charge in [0.05, 0.1) is 36.6 Å². The lowest BCUT2D eigenvalue weighted by atomic mass is 10.2. The van der Waals surface area contributed by atoms with Gasteiger partial charge in [0.1, 0.15) is 5.65 Å². The summed E-state index contributed by atoms with van der Waals surface area (Å²) in [4.78, 5) is 33.0. The van der Waals surface area contributed by atoms with Crippen molar-refractivity contribution in [1.29, 1.82) is 0 Å². The maximum absolute atomic E-state index is 13.3. The van der Waals surface area contributed by atoms with E-state index in [9.17, 15) is 9.59 Å². The number of rotatable bonds is 5. The second-order valence-corrected chi connectivity index (χ2v) is 7.63. The molecule has 0 radical (unpaired) electrons. The molecule has 0 bridgehead atoms. The van der Waals surface area contributed by atoms with Gasteiger partial charge in [-0.05, 0) is 33.0 Å². The van der Waals surface area contributed by atoms with Crippen LogP contribution in [0.5, 0.6) is 0 Å². The summed E-state index contributed by atoms with van der Waals surface area (Å²) in [6.45, 7) is 5.36. The Labute approximate surface area is 169 Å². The van der Waals surface area contributed by atoms with E-state index in [1.54, 1.807) is 39.6 Å². The van der Waals surface area contributed by atoms with Crippen LogP contribution in [0, 0.1) is 0 Å². The fourth-order valence-electron chi connectivity index (χ4n) is 3.48. The SMILES string of the molecule is COC(=O)CN(C)Cc1c(C(=O)N2C[C@@H](C)O[C@@H](C)C2)nc2ccc(Cl)cn12. The molecule has 152 valence electrons. The topological polar surface area (TPSA) is 76.4 Å². The van der Waals surface area contributed by atoms with Crippen molar-refractivity contribution in [3.63, 3.8) is 0 Å². The van der Waals surface area contributed by atoms with Gasteiger partial charge < -0.3 is 18.8 Å². The van der Waals surface area contributed by atoms with Crippen LogP contribution in [0.2, 0.25) is 5.02 Å². The number of carbonyl (C=O) groups is 2. The van der Waals surface area contributed by atoms with Gasteiger partial charge in [0.25, 0.3) is 5.91 Å². The average Bonchev–Trinajstić information content (AvgIpc) is 2.97. The lowest BCUT2D eigenvalue weighted by Gasteiger charge is -2.35. The summed E-state index contributed by atoms with van der Waals surface area (Å²) in [7, 11) is 3.13. The van der Waals surface area contributed by atoms with E-state index >= 15 is 0 Å². The molecule has 1 amide bonds. The Morgan fingerprint density at radius 1 is 1.32 bits per heavy atom. The Balaban J connectivity index is 1.96. The largest absolute Gasteiger partial charge is 0.468 e. The van der Waals surface area contributed by atoms with E-state index in [-0.39, 0.29) is 30.6 Å². The van der Waals surface area contributed by atoms with Crippen molar-refractivity contribution >= 4 is 29.1 Å². The molecule has 3 heterocycles. The Kier molecular flexibility index (Phi) is 6.22. The Hall–Kier alpha value is -2.16. The molecule has 0 aliphatic carbocycles. The van der Waals surface area contributed by atoms with Crippen molar-refractivity contribution in [2.24, 2.45) is 0 Å². The summed E-state index contributed by atoms with van der Waals surface area (Å²) < 4.78 is 12.3. The Morgan fingerprint density at radius 2 is 2.00 bits per heavy atom. The minimum atomic E-state index is -0.349. The molecular formula is C19H25ClN4O4. The number of amides is 1. The van der Waals surface area contributed by atoms with Gasteiger partial charge in [-0.3, -0.25) is 14.5 Å². The van der Waals surface area contributed by atoms with Crippen molar-refractivity contribution in [2.75, 3.05) is 33.8 Å². The van der Waals surface area contributed by atoms with Crippen LogP contribution in [0.3, 0.4) is 0 Å². The van der Waals surface area contributed by atoms with E-state index in [0.29, 0.717) is 41.7 Å². The fourth-order valence-corrected chi connectivity index (χ4v) is 3.64. The first-order valence-corrected chi connectivity index (χ1v) is 9.52. The summed E-state index contributed by atoms with van der Waals surface area (Å²) in [5.74, 6) is -0.499. The van der Waals surface area contributed by atoms with Gasteiger partial charge in [0.2, 0.25) is 0 Å². The van der Waals surface area contributed by atoms with Gasteiger partial charge in [0, 0.05) is 25.8 Å². The summed E-state index contributed by atoms with van der Waals surface area (Å²) in [5.41, 5.74) is 1.67. The number of hydrogen-bond acceptors (Lipinski definition) is 6. The molecule has 0 aromatic carbocycles. The molecule has 2 atom stereocenters. The molecule has 8 nitrogen and oxygen atoms in total. The molecular weight excluding hydrogens is 384 g/mol. The van der Waals surface area contributed by atoms with Gasteiger partial charge in [-0.25, -0.2) is 4.98 Å². The van der Waals surface area contributed by atoms with Crippen LogP contribution in [-0.4, -0.2) is 77.1 Å². The van der Waals surface area contributed by atoms with Crippen molar-refractivity contribution in [3.8, 4) is 0 Å². The number of ether oxygens (including phenoxy) is 2. The summed E-state index contributed by atoms with van der Waals surface area (Å²) in [6, 6.07) is 3.51. The standard InChI is InChI=1S/C19H25ClN4O4/c1-12-7-23(8-13(2)28-12)19(26)18-15(10-22(3)11-17(25)27-4)24-9-14(20)5-6-16(24)21-18/h5-6,9,12-13H,7-8,10-11H2,1-4H3/t12-,13+. The number of nitrogens with zero attached hydrogens (tertiary/aromatic N) is 4. The molecule has 3 rings (SSSR count). The van der Waals surface area contributed by atoms with Crippen LogP contribution in [0.15, 0.2) is 18.3 Å². The normalized spacial score (nSPS) is 20.0. The number of fused-ring (bicyclic) bond motifs is 1. The molecule has 2 aromatic rings. The second-order valence-electron chi connectivity index (χ2n) is 7.20. The van der Waals surface area contributed by atoms with Crippen LogP contribution in [0.25, 0.3) is 5.65 Å². The van der Waals surface area contributed by atoms with Gasteiger partial charge in [-0.2, -0.15) is 0 Å². The van der Waals surface area contributed by atoms with Crippen molar-refractivity contribution in [3.05, 3.63) is 34.7 Å². The van der Waals surface area contributed by atoms with Gasteiger partial charge in [-0.15, -0.1) is 0 Å². The average molecular weight is 409 g/mol. The molecule has 1 aliphatic heterocycles. The van der Waals surface area contributed by atoms with E-state index in [4.69, 9.17) is 21.1 Å². The van der Waals surface area contributed by atoms with E-state index in [0.717, 1.165) is 0 Å². The molecule has 0 saturated carbocycles. The first-order valence-electron chi connectivity index (χ1n) is 9.15. The van der Waals surface area contributed by atoms with E-state index < -0.39 is 0 Å². The van der Waals surface area contributed by atoms with Crippen molar-refractivity contribution in [2.45, 2.75) is 32.6 Å². The number of imidazole rings is 1. The van der Waals surface area contributed by atoms with Crippen LogP contribution < -0.4 is 0 Å². The number of pyridine rings is 1. The Bertz CT molecular complexity index is 874. The zero-order valence-corrected chi connectivity index (χ0v) is 17.3. The number of halogens is 1. The first-order chi connectivity index (χ1) is 13.3. The number of aromatic nitrogens is 2. The zero-order valence-electron chi connectivity index (χ0n) is 16.5. The third kappa shape index (κ3) is 4.45. The molecule has 0 N–H and O–H groups in total. The Morgan fingerprint density at radius 3 is 2.64 bits per heavy atom. The van der Waals surface area contributed by atoms with Crippen LogP contribution in [0.4, 0.5) is 0 Å². The van der Waals surface area contributed by atoms with Crippen LogP contribution in [-0.2, 0) is 20.8 Å². The van der Waals surface area contributed by atoms with Gasteiger partial charge in [-0.1, -0.05) is 11.6 Å². The van der Waals surface area contributed by atoms with Crippen molar-refractivity contribution in [1.82, 2.24) is 19.2 Å². The summed E-state index contributed by atoms with van der Waals surface area (Å²) >= 11 is 6.16. The number of likely N-dealkylation sites (N-methyl/N-ethyl adjacent to an activating group) is 1. The molecule has 2 aromatic heterocycles. The lowest BCUT2D eigenvalue weighted by Crippen LogP contribution is -2.48. The quantitative estimate of drug-likeness (QED) is 0.703. The predicted molar refractivity (Wildman–Crippen MR) is 104 cm³/mol. The third-order valence-corrected chi connectivity index (χ3v) is 4.86. The second kappa shape index (κ2) is 8.46.